The number of aromatic amines is 2. The Kier molecular flexibility index (Phi) is 6.23. The third-order valence-electron chi connectivity index (χ3n) is 10.0. The van der Waals surface area contributed by atoms with Crippen molar-refractivity contribution >= 4 is 11.1 Å². The van der Waals surface area contributed by atoms with Gasteiger partial charge >= 0.3 is 0 Å². The molecular formula is C35H39N5O. The summed E-state index contributed by atoms with van der Waals surface area (Å²) in [5, 5.41) is 7.96. The van der Waals surface area contributed by atoms with Crippen LogP contribution < -0.4 is 0 Å². The number of nitrogens with zero attached hydrogens (tertiary/aromatic N) is 3. The van der Waals surface area contributed by atoms with Gasteiger partial charge in [-0.25, -0.2) is 4.98 Å². The van der Waals surface area contributed by atoms with Crippen LogP contribution in [0.25, 0.3) is 11.1 Å². The zero-order valence-corrected chi connectivity index (χ0v) is 23.7. The van der Waals surface area contributed by atoms with E-state index >= 15 is 0 Å². The van der Waals surface area contributed by atoms with E-state index in [0.717, 1.165) is 17.3 Å². The highest BCUT2D eigenvalue weighted by Gasteiger charge is 2.58. The fourth-order valence-corrected chi connectivity index (χ4v) is 8.30. The molecule has 4 aliphatic rings. The molecule has 3 aliphatic carbocycles. The maximum atomic E-state index is 6.56. The van der Waals surface area contributed by atoms with Crippen LogP contribution in [0.2, 0.25) is 0 Å². The summed E-state index contributed by atoms with van der Waals surface area (Å²) >= 11 is 0. The first-order valence-electron chi connectivity index (χ1n) is 15.7. The van der Waals surface area contributed by atoms with Crippen molar-refractivity contribution in [1.29, 1.82) is 0 Å². The molecule has 4 heterocycles. The molecule has 6 nitrogen and oxygen atoms in total. The second-order valence-corrected chi connectivity index (χ2v) is 12.4. The van der Waals surface area contributed by atoms with Gasteiger partial charge in [-0.3, -0.25) is 5.10 Å². The van der Waals surface area contributed by atoms with Crippen LogP contribution in [-0.2, 0) is 5.54 Å². The minimum absolute atomic E-state index is 0.461. The molecular weight excluding hydrogens is 506 g/mol. The van der Waals surface area contributed by atoms with E-state index in [2.05, 4.69) is 68.6 Å². The van der Waals surface area contributed by atoms with Gasteiger partial charge in [-0.15, -0.1) is 0 Å². The summed E-state index contributed by atoms with van der Waals surface area (Å²) in [5.74, 6) is 2.92. The number of hydrogen-bond donors (Lipinski definition) is 2. The minimum Gasteiger partial charge on any atom is -0.466 e. The highest BCUT2D eigenvalue weighted by atomic mass is 16.3. The number of imidazole rings is 1. The van der Waals surface area contributed by atoms with Gasteiger partial charge in [0.1, 0.15) is 11.6 Å². The Labute approximate surface area is 242 Å². The van der Waals surface area contributed by atoms with Crippen molar-refractivity contribution in [3.8, 4) is 0 Å². The molecule has 2 N–H and O–H groups in total. The molecule has 1 aliphatic heterocycles. The molecule has 0 spiro atoms. The Hall–Kier alpha value is -3.80. The summed E-state index contributed by atoms with van der Waals surface area (Å²) < 4.78 is 6.56. The number of rotatable bonds is 7. The highest BCUT2D eigenvalue weighted by Crippen LogP contribution is 2.62. The summed E-state index contributed by atoms with van der Waals surface area (Å²) in [6.07, 6.45) is 21.5. The molecule has 0 radical (unpaired) electrons. The smallest absolute Gasteiger partial charge is 0.154 e. The Morgan fingerprint density at radius 3 is 2.24 bits per heavy atom. The summed E-state index contributed by atoms with van der Waals surface area (Å²) in [4.78, 5) is 11.4. The number of aromatic nitrogens is 4. The quantitative estimate of drug-likeness (QED) is 0.246. The van der Waals surface area contributed by atoms with E-state index in [1.807, 2.05) is 24.9 Å². The van der Waals surface area contributed by atoms with E-state index < -0.39 is 5.54 Å². The molecule has 4 aromatic rings. The first-order valence-corrected chi connectivity index (χ1v) is 15.7. The lowest BCUT2D eigenvalue weighted by atomic mass is 9.66. The Morgan fingerprint density at radius 2 is 1.59 bits per heavy atom. The van der Waals surface area contributed by atoms with Gasteiger partial charge < -0.3 is 14.3 Å². The maximum absolute atomic E-state index is 6.56. The van der Waals surface area contributed by atoms with E-state index in [4.69, 9.17) is 9.40 Å². The molecule has 1 atom stereocenters. The van der Waals surface area contributed by atoms with Crippen LogP contribution in [0.15, 0.2) is 89.1 Å². The fraction of sp³-hybridized carbons (Fsp3) is 0.429. The van der Waals surface area contributed by atoms with Crippen molar-refractivity contribution in [2.45, 2.75) is 82.2 Å². The van der Waals surface area contributed by atoms with Gasteiger partial charge in [0, 0.05) is 41.5 Å². The van der Waals surface area contributed by atoms with Crippen molar-refractivity contribution < 1.29 is 4.42 Å². The van der Waals surface area contributed by atoms with Gasteiger partial charge in [0.15, 0.2) is 5.54 Å². The number of allylic oxidation sites excluding steroid dienone is 3. The molecule has 0 amide bonds. The average Bonchev–Trinajstić information content (AvgIpc) is 3.62. The van der Waals surface area contributed by atoms with Crippen molar-refractivity contribution in [1.82, 2.24) is 25.1 Å². The maximum Gasteiger partial charge on any atom is 0.154 e. The molecule has 0 bridgehead atoms. The first-order chi connectivity index (χ1) is 20.4. The number of nitrogens with one attached hydrogen (secondary N) is 2. The third kappa shape index (κ3) is 3.98. The zero-order valence-electron chi connectivity index (χ0n) is 23.7. The van der Waals surface area contributed by atoms with Crippen LogP contribution in [0.4, 0.5) is 0 Å². The van der Waals surface area contributed by atoms with E-state index in [-0.39, 0.29) is 0 Å². The monoisotopic (exact) mass is 545 g/mol. The number of H-pyrrole nitrogens is 2. The Morgan fingerprint density at radius 1 is 0.805 bits per heavy atom. The highest BCUT2D eigenvalue weighted by molar-refractivity contribution is 6.03. The summed E-state index contributed by atoms with van der Waals surface area (Å²) in [6.45, 7) is 0. The molecule has 41 heavy (non-hydrogen) atoms. The molecule has 6 heteroatoms. The number of benzene rings is 1. The van der Waals surface area contributed by atoms with Gasteiger partial charge in [0.05, 0.1) is 12.0 Å². The van der Waals surface area contributed by atoms with Crippen molar-refractivity contribution in [2.24, 2.45) is 11.8 Å². The molecule has 3 fully saturated rings. The zero-order chi connectivity index (χ0) is 27.2. The summed E-state index contributed by atoms with van der Waals surface area (Å²) in [5.41, 5.74) is 7.23. The number of furan rings is 1. The van der Waals surface area contributed by atoms with Crippen LogP contribution >= 0.6 is 0 Å². The van der Waals surface area contributed by atoms with Crippen molar-refractivity contribution in [3.63, 3.8) is 0 Å². The summed E-state index contributed by atoms with van der Waals surface area (Å²) in [7, 11) is 0. The lowest BCUT2D eigenvalue weighted by molar-refractivity contribution is 0.157. The largest absolute Gasteiger partial charge is 0.466 e. The molecule has 3 saturated carbocycles. The van der Waals surface area contributed by atoms with Crippen molar-refractivity contribution in [2.75, 3.05) is 0 Å². The van der Waals surface area contributed by atoms with Gasteiger partial charge in [0.2, 0.25) is 0 Å². The van der Waals surface area contributed by atoms with E-state index in [0.29, 0.717) is 17.9 Å². The lowest BCUT2D eigenvalue weighted by Gasteiger charge is -2.53. The second kappa shape index (κ2) is 10.2. The van der Waals surface area contributed by atoms with Crippen LogP contribution in [0.5, 0.6) is 0 Å². The van der Waals surface area contributed by atoms with Crippen LogP contribution in [0.3, 0.4) is 0 Å². The topological polar surface area (TPSA) is 73.7 Å². The van der Waals surface area contributed by atoms with Gasteiger partial charge in [-0.05, 0) is 79.7 Å². The molecule has 1 aromatic carbocycles. The summed E-state index contributed by atoms with van der Waals surface area (Å²) in [6, 6.07) is 17.9. The molecule has 1 unspecified atom stereocenters. The number of hydrogen-bond acceptors (Lipinski definition) is 4. The standard InChI is InChI=1S/C35H39N5O/c1-3-10-24(11-4-1)30-31(28-19-20-38-39-28)32(34-36-21-22-37-34)35(29-16-9-23-41-29,26-14-5-2-6-15-26)40(27-17-18-27)33(30)25-12-7-8-13-25/h2,5-6,9,14-16,19-25,27H,1,3-4,7-8,10-13,17-18H2,(H,36,37)(H,38,39). The van der Waals surface area contributed by atoms with Gasteiger partial charge in [0.25, 0.3) is 0 Å². The van der Waals surface area contributed by atoms with E-state index in [1.54, 1.807) is 11.3 Å². The Balaban J connectivity index is 1.56. The normalized spacial score (nSPS) is 24.5. The predicted octanol–water partition coefficient (Wildman–Crippen LogP) is 8.08. The lowest BCUT2D eigenvalue weighted by Crippen LogP contribution is -2.53. The van der Waals surface area contributed by atoms with Gasteiger partial charge in [-0.1, -0.05) is 62.4 Å². The van der Waals surface area contributed by atoms with Crippen LogP contribution in [0.1, 0.15) is 93.5 Å². The average molecular weight is 546 g/mol. The first kappa shape index (κ1) is 25.0. The predicted molar refractivity (Wildman–Crippen MR) is 160 cm³/mol. The van der Waals surface area contributed by atoms with E-state index in [1.165, 1.54) is 87.3 Å². The minimum atomic E-state index is -0.666. The van der Waals surface area contributed by atoms with Crippen molar-refractivity contribution in [3.05, 3.63) is 107 Å². The molecule has 8 rings (SSSR count). The fourth-order valence-electron chi connectivity index (χ4n) is 8.30. The Bertz CT molecular complexity index is 1520. The molecule has 3 aromatic heterocycles. The van der Waals surface area contributed by atoms with Gasteiger partial charge in [-0.2, -0.15) is 5.10 Å². The van der Waals surface area contributed by atoms with E-state index in [9.17, 15) is 0 Å². The molecule has 210 valence electrons. The third-order valence-corrected chi connectivity index (χ3v) is 10.0. The van der Waals surface area contributed by atoms with Crippen LogP contribution in [-0.4, -0.2) is 31.1 Å². The molecule has 0 saturated heterocycles. The SMILES string of the molecule is c1ccc(C2(c3ccco3)C(c3ncc[nH]3)=C(c3ccn[nH]3)C(C3CCCCC3)=C(C3CCCC3)N2C2CC2)cc1. The second-order valence-electron chi connectivity index (χ2n) is 12.4. The van der Waals surface area contributed by atoms with Crippen LogP contribution in [0, 0.1) is 11.8 Å².